The molecule has 3 N–H and O–H groups in total. The van der Waals surface area contributed by atoms with Gasteiger partial charge in [-0.1, -0.05) is 6.07 Å². The van der Waals surface area contributed by atoms with Gasteiger partial charge in [-0.05, 0) is 12.1 Å². The monoisotopic (exact) mass is 254 g/mol. The van der Waals surface area contributed by atoms with Crippen molar-refractivity contribution in [2.45, 2.75) is 0 Å². The predicted octanol–water partition coefficient (Wildman–Crippen LogP) is -0.428. The Morgan fingerprint density at radius 1 is 1.41 bits per heavy atom. The SMILES string of the molecule is NNc1cccc(C(=O)N2CCS(=O)CC2)n1. The van der Waals surface area contributed by atoms with E-state index in [9.17, 15) is 9.00 Å². The molecule has 17 heavy (non-hydrogen) atoms. The fraction of sp³-hybridized carbons (Fsp3) is 0.400. The fourth-order valence-corrected chi connectivity index (χ4v) is 2.69. The number of nitrogens with two attached hydrogens (primary N) is 1. The number of hydrogen-bond acceptors (Lipinski definition) is 5. The summed E-state index contributed by atoms with van der Waals surface area (Å²) >= 11 is 0. The number of pyridine rings is 1. The number of anilines is 1. The van der Waals surface area contributed by atoms with Crippen LogP contribution in [0, 0.1) is 0 Å². The van der Waals surface area contributed by atoms with Crippen molar-refractivity contribution in [2.75, 3.05) is 30.0 Å². The number of nitrogen functional groups attached to an aromatic ring is 1. The normalized spacial score (nSPS) is 16.9. The molecule has 1 aromatic rings. The molecule has 6 nitrogen and oxygen atoms in total. The highest BCUT2D eigenvalue weighted by molar-refractivity contribution is 7.85. The van der Waals surface area contributed by atoms with Gasteiger partial charge in [-0.25, -0.2) is 10.8 Å². The van der Waals surface area contributed by atoms with E-state index >= 15 is 0 Å². The van der Waals surface area contributed by atoms with E-state index in [4.69, 9.17) is 5.84 Å². The van der Waals surface area contributed by atoms with Crippen molar-refractivity contribution in [3.05, 3.63) is 23.9 Å². The number of nitrogens with one attached hydrogen (secondary N) is 1. The smallest absolute Gasteiger partial charge is 0.272 e. The molecule has 1 aliphatic rings. The van der Waals surface area contributed by atoms with Crippen molar-refractivity contribution in [1.29, 1.82) is 0 Å². The first kappa shape index (κ1) is 12.0. The standard InChI is InChI=1S/C10H14N4O2S/c11-13-9-3-1-2-8(12-9)10(15)14-4-6-17(16)7-5-14/h1-3H,4-7,11H2,(H,12,13). The summed E-state index contributed by atoms with van der Waals surface area (Å²) < 4.78 is 11.2. The zero-order valence-electron chi connectivity index (χ0n) is 9.26. The van der Waals surface area contributed by atoms with Crippen LogP contribution < -0.4 is 11.3 Å². The van der Waals surface area contributed by atoms with E-state index in [0.717, 1.165) is 0 Å². The van der Waals surface area contributed by atoms with Gasteiger partial charge in [-0.3, -0.25) is 9.00 Å². The molecule has 0 unspecified atom stereocenters. The lowest BCUT2D eigenvalue weighted by atomic mass is 10.3. The van der Waals surface area contributed by atoms with Crippen LogP contribution in [0.15, 0.2) is 18.2 Å². The van der Waals surface area contributed by atoms with Crippen LogP contribution >= 0.6 is 0 Å². The van der Waals surface area contributed by atoms with Crippen LogP contribution in [-0.4, -0.2) is 44.6 Å². The number of carbonyl (C=O) groups excluding carboxylic acids is 1. The number of aromatic nitrogens is 1. The van der Waals surface area contributed by atoms with Gasteiger partial charge in [0.1, 0.15) is 11.5 Å². The Kier molecular flexibility index (Phi) is 3.70. The van der Waals surface area contributed by atoms with Crippen LogP contribution in [0.25, 0.3) is 0 Å². The number of hydrogen-bond donors (Lipinski definition) is 2. The van der Waals surface area contributed by atoms with Gasteiger partial charge in [0, 0.05) is 35.4 Å². The second-order valence-corrected chi connectivity index (χ2v) is 5.39. The molecule has 7 heteroatoms. The Labute approximate surface area is 102 Å². The topological polar surface area (TPSA) is 88.3 Å². The van der Waals surface area contributed by atoms with Crippen molar-refractivity contribution < 1.29 is 9.00 Å². The molecule has 0 bridgehead atoms. The molecule has 2 heterocycles. The molecule has 1 aromatic heterocycles. The molecule has 1 aliphatic heterocycles. The van der Waals surface area contributed by atoms with Crippen molar-refractivity contribution in [2.24, 2.45) is 5.84 Å². The van der Waals surface area contributed by atoms with Gasteiger partial charge < -0.3 is 10.3 Å². The van der Waals surface area contributed by atoms with Crippen LogP contribution in [-0.2, 0) is 10.8 Å². The van der Waals surface area contributed by atoms with Crippen molar-refractivity contribution in [1.82, 2.24) is 9.88 Å². The van der Waals surface area contributed by atoms with Gasteiger partial charge in [-0.2, -0.15) is 0 Å². The first-order chi connectivity index (χ1) is 8.20. The quantitative estimate of drug-likeness (QED) is 0.552. The predicted molar refractivity (Wildman–Crippen MR) is 65.8 cm³/mol. The Morgan fingerprint density at radius 2 is 2.12 bits per heavy atom. The molecule has 0 saturated carbocycles. The van der Waals surface area contributed by atoms with E-state index < -0.39 is 10.8 Å². The fourth-order valence-electron chi connectivity index (χ4n) is 1.64. The zero-order chi connectivity index (χ0) is 12.3. The second kappa shape index (κ2) is 5.24. The number of carbonyl (C=O) groups is 1. The summed E-state index contributed by atoms with van der Waals surface area (Å²) in [6.07, 6.45) is 0. The molecule has 1 amide bonds. The van der Waals surface area contributed by atoms with Crippen LogP contribution in [0.2, 0.25) is 0 Å². The Bertz CT molecular complexity index is 442. The van der Waals surface area contributed by atoms with E-state index in [0.29, 0.717) is 36.1 Å². The minimum Gasteiger partial charge on any atom is -0.335 e. The Morgan fingerprint density at radius 3 is 2.76 bits per heavy atom. The summed E-state index contributed by atoms with van der Waals surface area (Å²) in [7, 11) is -0.786. The highest BCUT2D eigenvalue weighted by Gasteiger charge is 2.22. The van der Waals surface area contributed by atoms with Gasteiger partial charge in [0.05, 0.1) is 0 Å². The third-order valence-corrected chi connectivity index (χ3v) is 3.86. The maximum atomic E-state index is 12.1. The molecule has 0 atom stereocenters. The largest absolute Gasteiger partial charge is 0.335 e. The van der Waals surface area contributed by atoms with Crippen LogP contribution in [0.1, 0.15) is 10.5 Å². The summed E-state index contributed by atoms with van der Waals surface area (Å²) in [5.74, 6) is 6.64. The number of nitrogens with zero attached hydrogens (tertiary/aromatic N) is 2. The number of rotatable bonds is 2. The molecular formula is C10H14N4O2S. The molecule has 1 saturated heterocycles. The lowest BCUT2D eigenvalue weighted by Crippen LogP contribution is -2.42. The highest BCUT2D eigenvalue weighted by Crippen LogP contribution is 2.09. The van der Waals surface area contributed by atoms with Crippen molar-refractivity contribution in [3.8, 4) is 0 Å². The van der Waals surface area contributed by atoms with E-state index in [-0.39, 0.29) is 5.91 Å². The lowest BCUT2D eigenvalue weighted by molar-refractivity contribution is 0.0765. The van der Waals surface area contributed by atoms with Gasteiger partial charge in [-0.15, -0.1) is 0 Å². The molecule has 0 aromatic carbocycles. The Hall–Kier alpha value is -1.47. The molecule has 0 spiro atoms. The number of hydrazine groups is 1. The van der Waals surface area contributed by atoms with Gasteiger partial charge in [0.15, 0.2) is 0 Å². The maximum Gasteiger partial charge on any atom is 0.272 e. The second-order valence-electron chi connectivity index (χ2n) is 3.69. The molecule has 92 valence electrons. The summed E-state index contributed by atoms with van der Waals surface area (Å²) in [5.41, 5.74) is 2.76. The summed E-state index contributed by atoms with van der Waals surface area (Å²) in [5, 5.41) is 0. The average molecular weight is 254 g/mol. The summed E-state index contributed by atoms with van der Waals surface area (Å²) in [6.45, 7) is 1.04. The maximum absolute atomic E-state index is 12.1. The van der Waals surface area contributed by atoms with Crippen LogP contribution in [0.5, 0.6) is 0 Å². The zero-order valence-corrected chi connectivity index (χ0v) is 10.1. The van der Waals surface area contributed by atoms with E-state index in [1.54, 1.807) is 23.1 Å². The van der Waals surface area contributed by atoms with Gasteiger partial charge >= 0.3 is 0 Å². The average Bonchev–Trinajstić information content (AvgIpc) is 2.39. The molecule has 2 rings (SSSR count). The molecular weight excluding hydrogens is 240 g/mol. The highest BCUT2D eigenvalue weighted by atomic mass is 32.2. The van der Waals surface area contributed by atoms with Crippen LogP contribution in [0.3, 0.4) is 0 Å². The third kappa shape index (κ3) is 2.80. The molecule has 1 fully saturated rings. The van der Waals surface area contributed by atoms with E-state index in [1.165, 1.54) is 0 Å². The number of amides is 1. The third-order valence-electron chi connectivity index (χ3n) is 2.58. The van der Waals surface area contributed by atoms with Gasteiger partial charge in [0.2, 0.25) is 0 Å². The Balaban J connectivity index is 2.10. The minimum atomic E-state index is -0.786. The van der Waals surface area contributed by atoms with E-state index in [1.807, 2.05) is 0 Å². The first-order valence-electron chi connectivity index (χ1n) is 5.28. The van der Waals surface area contributed by atoms with Gasteiger partial charge in [0.25, 0.3) is 5.91 Å². The van der Waals surface area contributed by atoms with E-state index in [2.05, 4.69) is 10.4 Å². The van der Waals surface area contributed by atoms with Crippen molar-refractivity contribution >= 4 is 22.5 Å². The first-order valence-corrected chi connectivity index (χ1v) is 6.77. The molecule has 0 aliphatic carbocycles. The van der Waals surface area contributed by atoms with Crippen LogP contribution in [0.4, 0.5) is 5.82 Å². The summed E-state index contributed by atoms with van der Waals surface area (Å²) in [6, 6.07) is 5.05. The minimum absolute atomic E-state index is 0.140. The lowest BCUT2D eigenvalue weighted by Gasteiger charge is -2.26. The molecule has 0 radical (unpaired) electrons. The van der Waals surface area contributed by atoms with Crippen molar-refractivity contribution in [3.63, 3.8) is 0 Å². The summed E-state index contributed by atoms with van der Waals surface area (Å²) in [4.78, 5) is 17.8.